The van der Waals surface area contributed by atoms with Gasteiger partial charge in [-0.1, -0.05) is 49.0 Å². The predicted molar refractivity (Wildman–Crippen MR) is 122 cm³/mol. The quantitative estimate of drug-likeness (QED) is 0.479. The van der Waals surface area contributed by atoms with E-state index in [1.807, 2.05) is 42.5 Å². The van der Waals surface area contributed by atoms with Crippen LogP contribution in [0, 0.1) is 5.41 Å². The van der Waals surface area contributed by atoms with Crippen molar-refractivity contribution >= 4 is 23.3 Å². The Balaban J connectivity index is 1.72. The van der Waals surface area contributed by atoms with Crippen LogP contribution in [0.2, 0.25) is 0 Å². The van der Waals surface area contributed by atoms with Gasteiger partial charge in [-0.25, -0.2) is 0 Å². The zero-order valence-corrected chi connectivity index (χ0v) is 18.5. The number of ether oxygens (including phenoxy) is 1. The Bertz CT molecular complexity index is 999. The van der Waals surface area contributed by atoms with Crippen molar-refractivity contribution in [2.75, 3.05) is 5.32 Å². The first-order chi connectivity index (χ1) is 15.2. The number of aliphatic carboxylic acids is 1. The molecule has 1 saturated heterocycles. The molecule has 0 unspecified atom stereocenters. The molecule has 168 valence electrons. The fourth-order valence-corrected chi connectivity index (χ4v) is 4.07. The van der Waals surface area contributed by atoms with E-state index in [4.69, 9.17) is 4.74 Å². The van der Waals surface area contributed by atoms with Crippen LogP contribution in [-0.2, 0) is 32.0 Å². The van der Waals surface area contributed by atoms with Crippen LogP contribution in [0.5, 0.6) is 0 Å². The summed E-state index contributed by atoms with van der Waals surface area (Å²) in [6.07, 6.45) is 0.906. The number of rotatable bonds is 8. The van der Waals surface area contributed by atoms with E-state index in [9.17, 15) is 19.5 Å². The van der Waals surface area contributed by atoms with E-state index in [0.29, 0.717) is 31.4 Å². The fraction of sp³-hybridized carbons (Fsp3) is 0.346. The smallest absolute Gasteiger partial charge is 0.319 e. The minimum Gasteiger partial charge on any atom is -0.480 e. The summed E-state index contributed by atoms with van der Waals surface area (Å²) in [5, 5.41) is 12.6. The van der Waals surface area contributed by atoms with Gasteiger partial charge in [0.05, 0.1) is 12.2 Å². The van der Waals surface area contributed by atoms with E-state index < -0.39 is 29.4 Å². The highest BCUT2D eigenvalue weighted by atomic mass is 16.5. The SMILES string of the molecule is C=C1C(=O)[C@](C)(C(=O)O)[C@H](CCc2ccc(NC(C)=O)cc2)O[C@@H]1CCc1ccccc1. The molecule has 1 heterocycles. The number of hydrogen-bond acceptors (Lipinski definition) is 4. The van der Waals surface area contributed by atoms with Crippen LogP contribution >= 0.6 is 0 Å². The second kappa shape index (κ2) is 9.92. The molecule has 0 aromatic heterocycles. The van der Waals surface area contributed by atoms with Gasteiger partial charge in [0.2, 0.25) is 5.91 Å². The fourth-order valence-electron chi connectivity index (χ4n) is 4.07. The Morgan fingerprint density at radius 3 is 2.22 bits per heavy atom. The molecule has 0 bridgehead atoms. The van der Waals surface area contributed by atoms with Crippen molar-refractivity contribution in [1.29, 1.82) is 0 Å². The van der Waals surface area contributed by atoms with Gasteiger partial charge in [-0.05, 0) is 55.9 Å². The summed E-state index contributed by atoms with van der Waals surface area (Å²) in [7, 11) is 0. The largest absolute Gasteiger partial charge is 0.480 e. The number of carbonyl (C=O) groups excluding carboxylic acids is 2. The van der Waals surface area contributed by atoms with Gasteiger partial charge in [0.25, 0.3) is 0 Å². The monoisotopic (exact) mass is 435 g/mol. The van der Waals surface area contributed by atoms with Crippen LogP contribution in [0.3, 0.4) is 0 Å². The molecule has 1 amide bonds. The molecule has 3 atom stereocenters. The Labute approximate surface area is 188 Å². The van der Waals surface area contributed by atoms with Crippen LogP contribution in [0.1, 0.15) is 37.8 Å². The van der Waals surface area contributed by atoms with Gasteiger partial charge in [0, 0.05) is 18.2 Å². The van der Waals surface area contributed by atoms with Crippen LogP contribution in [0.15, 0.2) is 66.7 Å². The molecule has 2 aromatic carbocycles. The number of nitrogens with one attached hydrogen (secondary N) is 1. The molecule has 1 fully saturated rings. The molecule has 6 nitrogen and oxygen atoms in total. The lowest BCUT2D eigenvalue weighted by molar-refractivity contribution is -0.173. The highest BCUT2D eigenvalue weighted by Crippen LogP contribution is 2.39. The summed E-state index contributed by atoms with van der Waals surface area (Å²) in [5.74, 6) is -1.80. The molecule has 0 aliphatic carbocycles. The zero-order valence-electron chi connectivity index (χ0n) is 18.5. The van der Waals surface area contributed by atoms with Gasteiger partial charge in [-0.3, -0.25) is 14.4 Å². The number of carbonyl (C=O) groups is 3. The van der Waals surface area contributed by atoms with Crippen molar-refractivity contribution in [1.82, 2.24) is 0 Å². The molecule has 6 heteroatoms. The molecule has 1 aliphatic rings. The lowest BCUT2D eigenvalue weighted by Gasteiger charge is -2.41. The highest BCUT2D eigenvalue weighted by molar-refractivity contribution is 6.12. The van der Waals surface area contributed by atoms with Crippen molar-refractivity contribution in [3.05, 3.63) is 77.9 Å². The van der Waals surface area contributed by atoms with Crippen LogP contribution < -0.4 is 5.32 Å². The van der Waals surface area contributed by atoms with Gasteiger partial charge in [-0.15, -0.1) is 0 Å². The third-order valence-corrected chi connectivity index (χ3v) is 6.08. The van der Waals surface area contributed by atoms with E-state index in [-0.39, 0.29) is 11.5 Å². The molecule has 0 radical (unpaired) electrons. The molecule has 2 N–H and O–H groups in total. The third-order valence-electron chi connectivity index (χ3n) is 6.08. The van der Waals surface area contributed by atoms with Gasteiger partial charge in [0.15, 0.2) is 11.2 Å². The molecule has 0 spiro atoms. The van der Waals surface area contributed by atoms with Crippen molar-refractivity contribution in [3.8, 4) is 0 Å². The predicted octanol–water partition coefficient (Wildman–Crippen LogP) is 4.19. The van der Waals surface area contributed by atoms with Gasteiger partial charge in [-0.2, -0.15) is 0 Å². The van der Waals surface area contributed by atoms with Crippen molar-refractivity contribution in [2.24, 2.45) is 5.41 Å². The number of aryl methyl sites for hydroxylation is 2. The summed E-state index contributed by atoms with van der Waals surface area (Å²) in [4.78, 5) is 36.4. The number of carboxylic acid groups (broad SMARTS) is 1. The summed E-state index contributed by atoms with van der Waals surface area (Å²) in [6.45, 7) is 6.76. The first kappa shape index (κ1) is 23.4. The van der Waals surface area contributed by atoms with Crippen molar-refractivity contribution in [3.63, 3.8) is 0 Å². The second-order valence-corrected chi connectivity index (χ2v) is 8.42. The maximum atomic E-state index is 13.1. The maximum Gasteiger partial charge on any atom is 0.319 e. The van der Waals surface area contributed by atoms with Gasteiger partial charge >= 0.3 is 5.97 Å². The molecule has 0 saturated carbocycles. The van der Waals surface area contributed by atoms with Crippen molar-refractivity contribution < 1.29 is 24.2 Å². The number of amides is 1. The molecule has 2 aromatic rings. The molecular formula is C26H29NO5. The Kier molecular flexibility index (Phi) is 7.26. The second-order valence-electron chi connectivity index (χ2n) is 8.42. The number of ketones is 1. The molecular weight excluding hydrogens is 406 g/mol. The summed E-state index contributed by atoms with van der Waals surface area (Å²) in [5.41, 5.74) is 1.34. The van der Waals surface area contributed by atoms with Crippen molar-refractivity contribution in [2.45, 2.75) is 51.7 Å². The van der Waals surface area contributed by atoms with Gasteiger partial charge < -0.3 is 15.2 Å². The maximum absolute atomic E-state index is 13.1. The number of anilines is 1. The standard InChI is InChI=1S/C26H29NO5/c1-17-22(15-11-19-7-5-4-6-8-19)32-23(26(3,24(17)29)25(30)31)16-12-20-9-13-21(14-10-20)27-18(2)28/h4-10,13-14,22-23H,1,11-12,15-16H2,2-3H3,(H,27,28)(H,30,31)/t22-,23+,26-/m1/s1. The minimum absolute atomic E-state index is 0.147. The van der Waals surface area contributed by atoms with Crippen LogP contribution in [-0.4, -0.2) is 35.0 Å². The summed E-state index contributed by atoms with van der Waals surface area (Å²) < 4.78 is 6.21. The first-order valence-electron chi connectivity index (χ1n) is 10.7. The molecule has 3 rings (SSSR count). The van der Waals surface area contributed by atoms with E-state index >= 15 is 0 Å². The van der Waals surface area contributed by atoms with Gasteiger partial charge in [0.1, 0.15) is 0 Å². The topological polar surface area (TPSA) is 92.7 Å². The van der Waals surface area contributed by atoms with E-state index in [2.05, 4.69) is 11.9 Å². The number of Topliss-reactive ketones (excluding diaryl/α,β-unsaturated/α-hetero) is 1. The lowest BCUT2D eigenvalue weighted by atomic mass is 9.71. The molecule has 1 aliphatic heterocycles. The Hall–Kier alpha value is -3.25. The minimum atomic E-state index is -1.67. The Morgan fingerprint density at radius 2 is 1.62 bits per heavy atom. The number of benzene rings is 2. The average molecular weight is 436 g/mol. The zero-order chi connectivity index (χ0) is 23.3. The third kappa shape index (κ3) is 5.14. The van der Waals surface area contributed by atoms with E-state index in [0.717, 1.165) is 11.1 Å². The van der Waals surface area contributed by atoms with E-state index in [1.165, 1.54) is 13.8 Å². The molecule has 32 heavy (non-hydrogen) atoms. The average Bonchev–Trinajstić information content (AvgIpc) is 2.77. The Morgan fingerprint density at radius 1 is 1.03 bits per heavy atom. The summed E-state index contributed by atoms with van der Waals surface area (Å²) >= 11 is 0. The lowest BCUT2D eigenvalue weighted by Crippen LogP contribution is -2.55. The van der Waals surface area contributed by atoms with E-state index in [1.54, 1.807) is 12.1 Å². The number of hydrogen-bond donors (Lipinski definition) is 2. The first-order valence-corrected chi connectivity index (χ1v) is 10.7. The normalized spacial score (nSPS) is 23.1. The highest BCUT2D eigenvalue weighted by Gasteiger charge is 2.54. The summed E-state index contributed by atoms with van der Waals surface area (Å²) in [6, 6.07) is 17.2. The number of carboxylic acids is 1. The van der Waals surface area contributed by atoms with Crippen LogP contribution in [0.25, 0.3) is 0 Å². The van der Waals surface area contributed by atoms with Crippen LogP contribution in [0.4, 0.5) is 5.69 Å².